The highest BCUT2D eigenvalue weighted by atomic mass is 16.5. The van der Waals surface area contributed by atoms with Crippen LogP contribution in [0.15, 0.2) is 18.2 Å². The Morgan fingerprint density at radius 1 is 1.57 bits per heavy atom. The van der Waals surface area contributed by atoms with Crippen molar-refractivity contribution in [3.05, 3.63) is 23.8 Å². The van der Waals surface area contributed by atoms with E-state index in [2.05, 4.69) is 6.07 Å². The number of likely N-dealkylation sites (tertiary alicyclic amines) is 1. The zero-order chi connectivity index (χ0) is 15.2. The molecule has 1 aliphatic rings. The number of hydrogen-bond donors (Lipinski definition) is 1. The van der Waals surface area contributed by atoms with Gasteiger partial charge >= 0.3 is 0 Å². The van der Waals surface area contributed by atoms with Crippen LogP contribution in [0.2, 0.25) is 0 Å². The molecule has 1 heterocycles. The maximum absolute atomic E-state index is 12.0. The number of nitrogens with zero attached hydrogens (tertiary/aromatic N) is 2. The summed E-state index contributed by atoms with van der Waals surface area (Å²) in [6, 6.07) is 7.34. The van der Waals surface area contributed by atoms with Crippen LogP contribution in [-0.4, -0.2) is 30.0 Å². The van der Waals surface area contributed by atoms with E-state index >= 15 is 0 Å². The van der Waals surface area contributed by atoms with Crippen LogP contribution in [0, 0.1) is 11.3 Å². The highest BCUT2D eigenvalue weighted by Crippen LogP contribution is 2.25. The summed E-state index contributed by atoms with van der Waals surface area (Å²) in [6.45, 7) is 3.22. The van der Waals surface area contributed by atoms with Crippen LogP contribution in [0.4, 0.5) is 5.69 Å². The zero-order valence-electron chi connectivity index (χ0n) is 12.3. The number of amides is 1. The first-order chi connectivity index (χ1) is 10.2. The molecule has 1 amide bonds. The van der Waals surface area contributed by atoms with Gasteiger partial charge in [-0.25, -0.2) is 0 Å². The van der Waals surface area contributed by atoms with Gasteiger partial charge in [0, 0.05) is 13.0 Å². The molecule has 2 rings (SSSR count). The molecule has 1 aliphatic heterocycles. The predicted octanol–water partition coefficient (Wildman–Crippen LogP) is 2.31. The fraction of sp³-hybridized carbons (Fsp3) is 0.500. The minimum Gasteiger partial charge on any atom is -0.490 e. The van der Waals surface area contributed by atoms with Gasteiger partial charge in [-0.3, -0.25) is 4.79 Å². The molecule has 0 aliphatic carbocycles. The average molecular weight is 287 g/mol. The summed E-state index contributed by atoms with van der Waals surface area (Å²) in [5.74, 6) is 0.684. The maximum Gasteiger partial charge on any atom is 0.222 e. The van der Waals surface area contributed by atoms with E-state index < -0.39 is 0 Å². The van der Waals surface area contributed by atoms with E-state index in [1.54, 1.807) is 18.2 Å². The number of rotatable bonds is 5. The molecule has 1 atom stereocenters. The van der Waals surface area contributed by atoms with Crippen molar-refractivity contribution in [2.75, 3.05) is 18.9 Å². The van der Waals surface area contributed by atoms with E-state index in [-0.39, 0.29) is 11.9 Å². The maximum atomic E-state index is 12.0. The molecule has 1 saturated heterocycles. The van der Waals surface area contributed by atoms with Crippen molar-refractivity contribution in [3.63, 3.8) is 0 Å². The third kappa shape index (κ3) is 3.46. The molecule has 0 aromatic heterocycles. The van der Waals surface area contributed by atoms with Crippen molar-refractivity contribution in [2.24, 2.45) is 0 Å². The number of ether oxygens (including phenoxy) is 1. The van der Waals surface area contributed by atoms with Gasteiger partial charge in [0.15, 0.2) is 0 Å². The lowest BCUT2D eigenvalue weighted by Gasteiger charge is -2.25. The molecule has 0 bridgehead atoms. The molecule has 0 saturated carbocycles. The summed E-state index contributed by atoms with van der Waals surface area (Å²) in [4.78, 5) is 13.9. The Morgan fingerprint density at radius 2 is 2.38 bits per heavy atom. The van der Waals surface area contributed by atoms with Crippen LogP contribution in [0.1, 0.15) is 38.2 Å². The summed E-state index contributed by atoms with van der Waals surface area (Å²) in [5, 5.41) is 9.13. The molecule has 1 fully saturated rings. The van der Waals surface area contributed by atoms with Gasteiger partial charge < -0.3 is 15.4 Å². The van der Waals surface area contributed by atoms with E-state index in [9.17, 15) is 4.79 Å². The Kier molecular flexibility index (Phi) is 5.04. The minimum atomic E-state index is 0.0945. The number of nitrogen functional groups attached to an aromatic ring is 1. The van der Waals surface area contributed by atoms with Crippen LogP contribution in [0.3, 0.4) is 0 Å². The molecule has 1 aromatic rings. The van der Waals surface area contributed by atoms with Crippen molar-refractivity contribution in [1.82, 2.24) is 4.90 Å². The highest BCUT2D eigenvalue weighted by Gasteiger charge is 2.28. The first kappa shape index (κ1) is 15.2. The van der Waals surface area contributed by atoms with Crippen molar-refractivity contribution in [2.45, 2.75) is 38.6 Å². The minimum absolute atomic E-state index is 0.0945. The Labute approximate surface area is 125 Å². The van der Waals surface area contributed by atoms with Crippen molar-refractivity contribution >= 4 is 11.6 Å². The Hall–Kier alpha value is -2.22. The number of nitrogens with two attached hydrogens (primary N) is 1. The van der Waals surface area contributed by atoms with Crippen molar-refractivity contribution in [1.29, 1.82) is 5.26 Å². The smallest absolute Gasteiger partial charge is 0.222 e. The van der Waals surface area contributed by atoms with Gasteiger partial charge in [-0.1, -0.05) is 13.0 Å². The quantitative estimate of drug-likeness (QED) is 0.843. The van der Waals surface area contributed by atoms with Gasteiger partial charge in [-0.05, 0) is 31.4 Å². The van der Waals surface area contributed by atoms with Crippen molar-refractivity contribution in [3.8, 4) is 11.8 Å². The van der Waals surface area contributed by atoms with E-state index in [0.717, 1.165) is 25.8 Å². The number of carbonyl (C=O) groups excluding carboxylic acids is 1. The van der Waals surface area contributed by atoms with Crippen LogP contribution in [0.25, 0.3) is 0 Å². The van der Waals surface area contributed by atoms with E-state index in [4.69, 9.17) is 15.7 Å². The second-order valence-corrected chi connectivity index (χ2v) is 5.28. The lowest BCUT2D eigenvalue weighted by molar-refractivity contribution is -0.132. The molecule has 5 heteroatoms. The van der Waals surface area contributed by atoms with Gasteiger partial charge in [0.2, 0.25) is 5.91 Å². The third-order valence-corrected chi connectivity index (χ3v) is 3.76. The summed E-state index contributed by atoms with van der Waals surface area (Å²) >= 11 is 0. The summed E-state index contributed by atoms with van der Waals surface area (Å²) in [7, 11) is 0. The van der Waals surface area contributed by atoms with Gasteiger partial charge in [0.1, 0.15) is 24.0 Å². The van der Waals surface area contributed by atoms with Crippen molar-refractivity contribution < 1.29 is 9.53 Å². The van der Waals surface area contributed by atoms with Crippen LogP contribution < -0.4 is 10.5 Å². The molecule has 0 spiro atoms. The molecular weight excluding hydrogens is 266 g/mol. The largest absolute Gasteiger partial charge is 0.490 e. The number of benzene rings is 1. The lowest BCUT2D eigenvalue weighted by atomic mass is 10.1. The second kappa shape index (κ2) is 6.98. The molecule has 2 N–H and O–H groups in total. The fourth-order valence-corrected chi connectivity index (χ4v) is 2.67. The van der Waals surface area contributed by atoms with E-state index in [1.165, 1.54) is 0 Å². The standard InChI is InChI=1S/C16H21N3O2/c1-2-5-16(20)19-9-4-6-12(19)11-21-15-8-3-7-14(18)13(15)10-17/h3,7-8,12H,2,4-6,9,11,18H2,1H3/t12-/m1/s1. The number of hydrogen-bond acceptors (Lipinski definition) is 4. The van der Waals surface area contributed by atoms with Crippen LogP contribution >= 0.6 is 0 Å². The summed E-state index contributed by atoms with van der Waals surface area (Å²) in [5.41, 5.74) is 6.54. The third-order valence-electron chi connectivity index (χ3n) is 3.76. The van der Waals surface area contributed by atoms with Crippen LogP contribution in [0.5, 0.6) is 5.75 Å². The molecule has 5 nitrogen and oxygen atoms in total. The number of anilines is 1. The zero-order valence-corrected chi connectivity index (χ0v) is 12.3. The van der Waals surface area contributed by atoms with Gasteiger partial charge in [-0.2, -0.15) is 5.26 Å². The fourth-order valence-electron chi connectivity index (χ4n) is 2.67. The topological polar surface area (TPSA) is 79.3 Å². The molecule has 0 unspecified atom stereocenters. The Bertz CT molecular complexity index is 551. The summed E-state index contributed by atoms with van der Waals surface area (Å²) in [6.07, 6.45) is 3.39. The Morgan fingerprint density at radius 3 is 3.10 bits per heavy atom. The predicted molar refractivity (Wildman–Crippen MR) is 80.7 cm³/mol. The van der Waals surface area contributed by atoms with Gasteiger partial charge in [0.05, 0.1) is 11.7 Å². The van der Waals surface area contributed by atoms with E-state index in [1.807, 2.05) is 11.8 Å². The van der Waals surface area contributed by atoms with Gasteiger partial charge in [-0.15, -0.1) is 0 Å². The van der Waals surface area contributed by atoms with Gasteiger partial charge in [0.25, 0.3) is 0 Å². The first-order valence-corrected chi connectivity index (χ1v) is 7.38. The van der Waals surface area contributed by atoms with E-state index in [0.29, 0.717) is 30.0 Å². The van der Waals surface area contributed by atoms with Crippen LogP contribution in [-0.2, 0) is 4.79 Å². The number of nitriles is 1. The number of carbonyl (C=O) groups is 1. The lowest BCUT2D eigenvalue weighted by Crippen LogP contribution is -2.38. The summed E-state index contributed by atoms with van der Waals surface area (Å²) < 4.78 is 5.75. The molecule has 112 valence electrons. The monoisotopic (exact) mass is 287 g/mol. The highest BCUT2D eigenvalue weighted by molar-refractivity contribution is 5.76. The molecule has 21 heavy (non-hydrogen) atoms. The Balaban J connectivity index is 2.01. The molecule has 0 radical (unpaired) electrons. The molecular formula is C16H21N3O2. The molecule has 1 aromatic carbocycles. The SMILES string of the molecule is CCCC(=O)N1CCC[C@@H]1COc1cccc(N)c1C#N. The first-order valence-electron chi connectivity index (χ1n) is 7.38. The average Bonchev–Trinajstić information content (AvgIpc) is 2.94. The second-order valence-electron chi connectivity index (χ2n) is 5.28. The normalized spacial score (nSPS) is 17.5.